The van der Waals surface area contributed by atoms with E-state index < -0.39 is 18.2 Å². The van der Waals surface area contributed by atoms with Gasteiger partial charge in [0.05, 0.1) is 12.1 Å². The summed E-state index contributed by atoms with van der Waals surface area (Å²) in [6.45, 7) is 0. The lowest BCUT2D eigenvalue weighted by atomic mass is 9.94. The highest BCUT2D eigenvalue weighted by Crippen LogP contribution is 2.35. The fourth-order valence-electron chi connectivity index (χ4n) is 2.97. The molecule has 2 aromatic rings. The SMILES string of the molecule is O=C(NC1C(c2cccnc2)CC(O)C1O)c1ccccc1. The molecule has 114 valence electrons. The third kappa shape index (κ3) is 2.86. The van der Waals surface area contributed by atoms with E-state index in [-0.39, 0.29) is 11.8 Å². The Bertz CT molecular complexity index is 633. The van der Waals surface area contributed by atoms with Gasteiger partial charge in [0, 0.05) is 23.9 Å². The molecule has 0 aliphatic heterocycles. The number of pyridine rings is 1. The van der Waals surface area contributed by atoms with Crippen LogP contribution in [0.15, 0.2) is 54.9 Å². The van der Waals surface area contributed by atoms with Gasteiger partial charge in [-0.3, -0.25) is 9.78 Å². The van der Waals surface area contributed by atoms with Crippen LogP contribution in [0.25, 0.3) is 0 Å². The molecule has 1 fully saturated rings. The first-order valence-corrected chi connectivity index (χ1v) is 7.29. The van der Waals surface area contributed by atoms with Crippen LogP contribution in [0.1, 0.15) is 28.3 Å². The van der Waals surface area contributed by atoms with Crippen molar-refractivity contribution in [3.05, 3.63) is 66.0 Å². The second kappa shape index (κ2) is 6.25. The largest absolute Gasteiger partial charge is 0.390 e. The number of benzene rings is 1. The number of nitrogens with one attached hydrogen (secondary N) is 1. The molecule has 3 rings (SSSR count). The molecule has 3 N–H and O–H groups in total. The van der Waals surface area contributed by atoms with Crippen molar-refractivity contribution >= 4 is 5.91 Å². The number of hydrogen-bond acceptors (Lipinski definition) is 4. The maximum absolute atomic E-state index is 12.3. The minimum Gasteiger partial charge on any atom is -0.390 e. The van der Waals surface area contributed by atoms with E-state index in [0.717, 1.165) is 5.56 Å². The van der Waals surface area contributed by atoms with Crippen LogP contribution in [0, 0.1) is 0 Å². The van der Waals surface area contributed by atoms with Gasteiger partial charge in [-0.15, -0.1) is 0 Å². The van der Waals surface area contributed by atoms with Crippen LogP contribution in [-0.2, 0) is 0 Å². The number of nitrogens with zero attached hydrogens (tertiary/aromatic N) is 1. The van der Waals surface area contributed by atoms with Gasteiger partial charge in [0.15, 0.2) is 0 Å². The first-order valence-electron chi connectivity index (χ1n) is 7.29. The molecule has 4 unspecified atom stereocenters. The van der Waals surface area contributed by atoms with Crippen LogP contribution in [0.3, 0.4) is 0 Å². The Morgan fingerprint density at radius 3 is 2.59 bits per heavy atom. The fourth-order valence-corrected chi connectivity index (χ4v) is 2.97. The number of amides is 1. The average molecular weight is 298 g/mol. The van der Waals surface area contributed by atoms with Gasteiger partial charge < -0.3 is 15.5 Å². The van der Waals surface area contributed by atoms with Crippen molar-refractivity contribution in [3.63, 3.8) is 0 Å². The van der Waals surface area contributed by atoms with Crippen molar-refractivity contribution in [1.29, 1.82) is 0 Å². The Morgan fingerprint density at radius 2 is 1.91 bits per heavy atom. The van der Waals surface area contributed by atoms with Gasteiger partial charge in [0.1, 0.15) is 6.10 Å². The molecular weight excluding hydrogens is 280 g/mol. The second-order valence-corrected chi connectivity index (χ2v) is 5.55. The zero-order chi connectivity index (χ0) is 15.5. The van der Waals surface area contributed by atoms with Crippen LogP contribution in [0.4, 0.5) is 0 Å². The summed E-state index contributed by atoms with van der Waals surface area (Å²) in [7, 11) is 0. The summed E-state index contributed by atoms with van der Waals surface area (Å²) < 4.78 is 0. The highest BCUT2D eigenvalue weighted by atomic mass is 16.3. The first kappa shape index (κ1) is 14.7. The summed E-state index contributed by atoms with van der Waals surface area (Å²) in [6, 6.07) is 12.0. The van der Waals surface area contributed by atoms with E-state index in [1.54, 1.807) is 36.7 Å². The molecular formula is C17H18N2O3. The molecule has 1 aromatic heterocycles. The predicted molar refractivity (Wildman–Crippen MR) is 81.3 cm³/mol. The molecule has 0 radical (unpaired) electrons. The number of aliphatic hydroxyl groups excluding tert-OH is 2. The minimum absolute atomic E-state index is 0.161. The molecule has 1 aliphatic rings. The van der Waals surface area contributed by atoms with E-state index in [1.165, 1.54) is 0 Å². The lowest BCUT2D eigenvalue weighted by Gasteiger charge is -2.23. The van der Waals surface area contributed by atoms with Gasteiger partial charge in [-0.2, -0.15) is 0 Å². The standard InChI is InChI=1S/C17H18N2O3/c20-14-9-13(12-7-4-8-18-10-12)15(16(14)21)19-17(22)11-5-2-1-3-6-11/h1-8,10,13-16,20-21H,9H2,(H,19,22). The molecule has 0 saturated heterocycles. The first-order chi connectivity index (χ1) is 10.7. The zero-order valence-electron chi connectivity index (χ0n) is 12.0. The van der Waals surface area contributed by atoms with Crippen LogP contribution < -0.4 is 5.32 Å². The Hall–Kier alpha value is -2.24. The van der Waals surface area contributed by atoms with Gasteiger partial charge in [-0.05, 0) is 30.2 Å². The number of rotatable bonds is 3. The third-order valence-corrected chi connectivity index (χ3v) is 4.14. The summed E-state index contributed by atoms with van der Waals surface area (Å²) in [5, 5.41) is 23.0. The molecule has 4 atom stereocenters. The Labute approximate surface area is 128 Å². The van der Waals surface area contributed by atoms with E-state index in [9.17, 15) is 15.0 Å². The summed E-state index contributed by atoms with van der Waals surface area (Å²) in [5.41, 5.74) is 1.43. The van der Waals surface area contributed by atoms with Gasteiger partial charge in [-0.25, -0.2) is 0 Å². The average Bonchev–Trinajstić information content (AvgIpc) is 2.85. The van der Waals surface area contributed by atoms with E-state index in [4.69, 9.17) is 0 Å². The summed E-state index contributed by atoms with van der Waals surface area (Å²) in [5.74, 6) is -0.418. The van der Waals surface area contributed by atoms with E-state index >= 15 is 0 Å². The topological polar surface area (TPSA) is 82.5 Å². The highest BCUT2D eigenvalue weighted by Gasteiger charge is 2.43. The lowest BCUT2D eigenvalue weighted by Crippen LogP contribution is -2.45. The fraction of sp³-hybridized carbons (Fsp3) is 0.294. The van der Waals surface area contributed by atoms with Crippen LogP contribution in [0.5, 0.6) is 0 Å². The molecule has 0 bridgehead atoms. The number of aromatic nitrogens is 1. The third-order valence-electron chi connectivity index (χ3n) is 4.14. The quantitative estimate of drug-likeness (QED) is 0.792. The molecule has 5 heteroatoms. The molecule has 1 aliphatic carbocycles. The van der Waals surface area contributed by atoms with Gasteiger partial charge >= 0.3 is 0 Å². The van der Waals surface area contributed by atoms with Crippen LogP contribution in [0.2, 0.25) is 0 Å². The van der Waals surface area contributed by atoms with Crippen LogP contribution >= 0.6 is 0 Å². The Kier molecular flexibility index (Phi) is 4.18. The maximum Gasteiger partial charge on any atom is 0.251 e. The van der Waals surface area contributed by atoms with E-state index in [0.29, 0.717) is 12.0 Å². The van der Waals surface area contributed by atoms with Gasteiger partial charge in [-0.1, -0.05) is 24.3 Å². The number of hydrogen-bond donors (Lipinski definition) is 3. The molecule has 22 heavy (non-hydrogen) atoms. The van der Waals surface area contributed by atoms with Crippen molar-refractivity contribution in [1.82, 2.24) is 10.3 Å². The smallest absolute Gasteiger partial charge is 0.251 e. The second-order valence-electron chi connectivity index (χ2n) is 5.55. The monoisotopic (exact) mass is 298 g/mol. The molecule has 0 spiro atoms. The number of carbonyl (C=O) groups excluding carboxylic acids is 1. The molecule has 5 nitrogen and oxygen atoms in total. The molecule has 1 amide bonds. The van der Waals surface area contributed by atoms with Crippen molar-refractivity contribution in [2.45, 2.75) is 30.6 Å². The van der Waals surface area contributed by atoms with E-state index in [1.807, 2.05) is 18.2 Å². The van der Waals surface area contributed by atoms with Crippen molar-refractivity contribution < 1.29 is 15.0 Å². The van der Waals surface area contributed by atoms with Crippen LogP contribution in [-0.4, -0.2) is 39.4 Å². The summed E-state index contributed by atoms with van der Waals surface area (Å²) >= 11 is 0. The minimum atomic E-state index is -0.988. The lowest BCUT2D eigenvalue weighted by molar-refractivity contribution is 0.0294. The van der Waals surface area contributed by atoms with E-state index in [2.05, 4.69) is 10.3 Å². The van der Waals surface area contributed by atoms with Crippen molar-refractivity contribution in [2.24, 2.45) is 0 Å². The Morgan fingerprint density at radius 1 is 1.14 bits per heavy atom. The zero-order valence-corrected chi connectivity index (χ0v) is 12.0. The molecule has 1 aromatic carbocycles. The van der Waals surface area contributed by atoms with Gasteiger partial charge in [0.2, 0.25) is 0 Å². The summed E-state index contributed by atoms with van der Waals surface area (Å²) in [6.07, 6.45) is 1.93. The number of carbonyl (C=O) groups is 1. The molecule has 1 saturated carbocycles. The summed E-state index contributed by atoms with van der Waals surface area (Å²) in [4.78, 5) is 16.4. The Balaban J connectivity index is 1.82. The highest BCUT2D eigenvalue weighted by molar-refractivity contribution is 5.94. The maximum atomic E-state index is 12.3. The van der Waals surface area contributed by atoms with Gasteiger partial charge in [0.25, 0.3) is 5.91 Å². The van der Waals surface area contributed by atoms with Crippen molar-refractivity contribution in [3.8, 4) is 0 Å². The normalized spacial score (nSPS) is 27.5. The van der Waals surface area contributed by atoms with Crippen molar-refractivity contribution in [2.75, 3.05) is 0 Å². The number of aliphatic hydroxyl groups is 2. The predicted octanol–water partition coefficient (Wildman–Crippen LogP) is 1.09. The molecule has 1 heterocycles.